The lowest BCUT2D eigenvalue weighted by Gasteiger charge is -2.04. The molecule has 0 aliphatic carbocycles. The number of aromatic nitrogens is 4. The summed E-state index contributed by atoms with van der Waals surface area (Å²) in [6.07, 6.45) is 1.41. The lowest BCUT2D eigenvalue weighted by atomic mass is 10.2. The van der Waals surface area contributed by atoms with Gasteiger partial charge in [0.15, 0.2) is 5.82 Å². The molecule has 0 atom stereocenters. The Morgan fingerprint density at radius 1 is 1.40 bits per heavy atom. The van der Waals surface area contributed by atoms with Crippen LogP contribution in [0.4, 0.5) is 5.82 Å². The van der Waals surface area contributed by atoms with Gasteiger partial charge in [-0.15, -0.1) is 0 Å². The lowest BCUT2D eigenvalue weighted by molar-refractivity contribution is 0.0527. The Kier molecular flexibility index (Phi) is 3.83. The third-order valence-corrected chi connectivity index (χ3v) is 2.61. The second-order valence-corrected chi connectivity index (χ2v) is 4.13. The van der Waals surface area contributed by atoms with Crippen molar-refractivity contribution in [1.29, 1.82) is 0 Å². The highest BCUT2D eigenvalue weighted by Gasteiger charge is 2.21. The molecule has 2 aromatic heterocycles. The van der Waals surface area contributed by atoms with Gasteiger partial charge in [0.1, 0.15) is 17.1 Å². The molecule has 0 fully saturated rings. The van der Waals surface area contributed by atoms with E-state index >= 15 is 0 Å². The number of hydrogen-bond donors (Lipinski definition) is 3. The first-order chi connectivity index (χ1) is 9.52. The zero-order chi connectivity index (χ0) is 14.7. The molecule has 0 radical (unpaired) electrons. The summed E-state index contributed by atoms with van der Waals surface area (Å²) < 4.78 is 4.93. The molecule has 0 aromatic carbocycles. The van der Waals surface area contributed by atoms with Crippen molar-refractivity contribution in [3.63, 3.8) is 0 Å². The molecule has 0 saturated carbocycles. The largest absolute Gasteiger partial charge is 0.462 e. The summed E-state index contributed by atoms with van der Waals surface area (Å²) in [7, 11) is 0. The summed E-state index contributed by atoms with van der Waals surface area (Å²) in [6, 6.07) is 0. The lowest BCUT2D eigenvalue weighted by Crippen LogP contribution is -2.16. The number of esters is 1. The number of carbonyl (C=O) groups is 2. The number of H-pyrrole nitrogens is 2. The van der Waals surface area contributed by atoms with Crippen molar-refractivity contribution in [3.8, 4) is 0 Å². The number of ether oxygens (including phenoxy) is 1. The SMILES string of the molecule is CCOC(=O)c1c(NC(=O)c2cnc(C)[nH]2)n[nH]c1C. The van der Waals surface area contributed by atoms with E-state index in [1.54, 1.807) is 20.8 Å². The predicted octanol–water partition coefficient (Wildman–Crippen LogP) is 1.18. The monoisotopic (exact) mass is 277 g/mol. The maximum atomic E-state index is 12.0. The van der Waals surface area contributed by atoms with E-state index in [0.29, 0.717) is 11.5 Å². The van der Waals surface area contributed by atoms with Gasteiger partial charge in [-0.3, -0.25) is 9.89 Å². The molecule has 2 rings (SSSR count). The van der Waals surface area contributed by atoms with E-state index < -0.39 is 11.9 Å². The fraction of sp³-hybridized carbons (Fsp3) is 0.333. The molecule has 3 N–H and O–H groups in total. The van der Waals surface area contributed by atoms with Crippen LogP contribution < -0.4 is 5.32 Å². The number of nitrogens with one attached hydrogen (secondary N) is 3. The first kappa shape index (κ1) is 13.8. The third-order valence-electron chi connectivity index (χ3n) is 2.61. The Morgan fingerprint density at radius 3 is 2.75 bits per heavy atom. The quantitative estimate of drug-likeness (QED) is 0.726. The Bertz CT molecular complexity index is 643. The highest BCUT2D eigenvalue weighted by molar-refractivity contribution is 6.06. The Hall–Kier alpha value is -2.64. The molecule has 0 unspecified atom stereocenters. The van der Waals surface area contributed by atoms with Gasteiger partial charge in [0.25, 0.3) is 5.91 Å². The molecule has 0 aliphatic rings. The molecule has 8 nitrogen and oxygen atoms in total. The van der Waals surface area contributed by atoms with Gasteiger partial charge in [-0.1, -0.05) is 0 Å². The van der Waals surface area contributed by atoms with Crippen molar-refractivity contribution in [2.45, 2.75) is 20.8 Å². The number of hydrogen-bond acceptors (Lipinski definition) is 5. The molecule has 20 heavy (non-hydrogen) atoms. The smallest absolute Gasteiger partial charge is 0.343 e. The van der Waals surface area contributed by atoms with Crippen LogP contribution in [-0.4, -0.2) is 38.6 Å². The number of anilines is 1. The first-order valence-corrected chi connectivity index (χ1v) is 6.08. The van der Waals surface area contributed by atoms with Crippen molar-refractivity contribution >= 4 is 17.7 Å². The molecule has 8 heteroatoms. The minimum Gasteiger partial charge on any atom is -0.462 e. The van der Waals surface area contributed by atoms with Gasteiger partial charge in [0, 0.05) is 5.69 Å². The molecule has 106 valence electrons. The average molecular weight is 277 g/mol. The average Bonchev–Trinajstić information content (AvgIpc) is 2.96. The van der Waals surface area contributed by atoms with Gasteiger partial charge in [-0.2, -0.15) is 5.10 Å². The summed E-state index contributed by atoms with van der Waals surface area (Å²) in [5.41, 5.74) is 1.04. The van der Waals surface area contributed by atoms with Crippen LogP contribution in [0.5, 0.6) is 0 Å². The van der Waals surface area contributed by atoms with Crippen LogP contribution in [0.25, 0.3) is 0 Å². The summed E-state index contributed by atoms with van der Waals surface area (Å²) in [5.74, 6) is -0.199. The van der Waals surface area contributed by atoms with Gasteiger partial charge < -0.3 is 15.0 Å². The Labute approximate surface area is 114 Å². The van der Waals surface area contributed by atoms with Gasteiger partial charge in [0.05, 0.1) is 12.8 Å². The van der Waals surface area contributed by atoms with E-state index in [9.17, 15) is 9.59 Å². The number of aromatic amines is 2. The molecule has 2 heterocycles. The topological polar surface area (TPSA) is 113 Å². The molecule has 2 aromatic rings. The van der Waals surface area contributed by atoms with Crippen LogP contribution in [0.15, 0.2) is 6.20 Å². The molecular weight excluding hydrogens is 262 g/mol. The van der Waals surface area contributed by atoms with E-state index in [1.807, 2.05) is 0 Å². The highest BCUT2D eigenvalue weighted by atomic mass is 16.5. The van der Waals surface area contributed by atoms with E-state index in [2.05, 4.69) is 25.5 Å². The number of carbonyl (C=O) groups excluding carboxylic acids is 2. The maximum Gasteiger partial charge on any atom is 0.343 e. The number of imidazole rings is 1. The maximum absolute atomic E-state index is 12.0. The van der Waals surface area contributed by atoms with Crippen LogP contribution in [0.2, 0.25) is 0 Å². The number of rotatable bonds is 4. The second kappa shape index (κ2) is 5.55. The molecule has 0 spiro atoms. The van der Waals surface area contributed by atoms with E-state index in [1.165, 1.54) is 6.20 Å². The number of nitrogens with zero attached hydrogens (tertiary/aromatic N) is 2. The standard InChI is InChI=1S/C12H15N5O3/c1-4-20-12(19)9-6(2)16-17-10(9)15-11(18)8-5-13-7(3)14-8/h5H,4H2,1-3H3,(H,13,14)(H2,15,16,17,18). The molecule has 0 bridgehead atoms. The molecule has 1 amide bonds. The molecule has 0 saturated heterocycles. The van der Waals surface area contributed by atoms with Crippen molar-refractivity contribution in [3.05, 3.63) is 29.0 Å². The molecule has 0 aliphatic heterocycles. The highest BCUT2D eigenvalue weighted by Crippen LogP contribution is 2.18. The van der Waals surface area contributed by atoms with Gasteiger partial charge in [-0.05, 0) is 20.8 Å². The Morgan fingerprint density at radius 2 is 2.15 bits per heavy atom. The fourth-order valence-corrected chi connectivity index (χ4v) is 1.68. The summed E-state index contributed by atoms with van der Waals surface area (Å²) >= 11 is 0. The van der Waals surface area contributed by atoms with E-state index in [0.717, 1.165) is 0 Å². The summed E-state index contributed by atoms with van der Waals surface area (Å²) in [4.78, 5) is 30.5. The predicted molar refractivity (Wildman–Crippen MR) is 70.6 cm³/mol. The van der Waals surface area contributed by atoms with Crippen molar-refractivity contribution in [2.75, 3.05) is 11.9 Å². The van der Waals surface area contributed by atoms with E-state index in [-0.39, 0.29) is 23.7 Å². The number of aryl methyl sites for hydroxylation is 2. The van der Waals surface area contributed by atoms with Crippen molar-refractivity contribution < 1.29 is 14.3 Å². The summed E-state index contributed by atoms with van der Waals surface area (Å²) in [5, 5.41) is 9.09. The van der Waals surface area contributed by atoms with Crippen LogP contribution in [-0.2, 0) is 4.74 Å². The Balaban J connectivity index is 2.22. The van der Waals surface area contributed by atoms with Gasteiger partial charge in [-0.25, -0.2) is 9.78 Å². The third kappa shape index (κ3) is 2.68. The van der Waals surface area contributed by atoms with Gasteiger partial charge in [0.2, 0.25) is 0 Å². The first-order valence-electron chi connectivity index (χ1n) is 6.08. The van der Waals surface area contributed by atoms with E-state index in [4.69, 9.17) is 4.74 Å². The van der Waals surface area contributed by atoms with Crippen molar-refractivity contribution in [2.24, 2.45) is 0 Å². The second-order valence-electron chi connectivity index (χ2n) is 4.13. The fourth-order valence-electron chi connectivity index (χ4n) is 1.68. The van der Waals surface area contributed by atoms with Crippen LogP contribution in [0.3, 0.4) is 0 Å². The zero-order valence-corrected chi connectivity index (χ0v) is 11.4. The minimum absolute atomic E-state index is 0.137. The van der Waals surface area contributed by atoms with Gasteiger partial charge >= 0.3 is 5.97 Å². The number of amides is 1. The van der Waals surface area contributed by atoms with Crippen LogP contribution in [0.1, 0.15) is 39.3 Å². The van der Waals surface area contributed by atoms with Crippen LogP contribution >= 0.6 is 0 Å². The van der Waals surface area contributed by atoms with Crippen molar-refractivity contribution in [1.82, 2.24) is 20.2 Å². The van der Waals surface area contributed by atoms with Crippen LogP contribution in [0, 0.1) is 13.8 Å². The minimum atomic E-state index is -0.533. The normalized spacial score (nSPS) is 10.3. The molecular formula is C12H15N5O3. The summed E-state index contributed by atoms with van der Waals surface area (Å²) in [6.45, 7) is 5.37. The zero-order valence-electron chi connectivity index (χ0n) is 11.4.